The minimum Gasteiger partial charge on any atom is -0.301 e. The molecule has 82 valence electrons. The Kier molecular flexibility index (Phi) is 9.91. The van der Waals surface area contributed by atoms with Crippen molar-refractivity contribution >= 4 is 0 Å². The highest BCUT2D eigenvalue weighted by atomic mass is 19.3. The van der Waals surface area contributed by atoms with Crippen LogP contribution in [0.25, 0.3) is 0 Å². The molecule has 1 aliphatic heterocycles. The van der Waals surface area contributed by atoms with Gasteiger partial charge in [0.1, 0.15) is 0 Å². The molecule has 0 aromatic heterocycles. The Morgan fingerprint density at radius 1 is 1.23 bits per heavy atom. The number of halogens is 2. The Hall–Kier alpha value is -0.180. The van der Waals surface area contributed by atoms with Crippen molar-refractivity contribution in [3.8, 4) is 0 Å². The van der Waals surface area contributed by atoms with Gasteiger partial charge in [-0.05, 0) is 40.3 Å². The van der Waals surface area contributed by atoms with Gasteiger partial charge in [0.25, 0.3) is 0 Å². The average molecular weight is 195 g/mol. The zero-order valence-electron chi connectivity index (χ0n) is 9.53. The monoisotopic (exact) mass is 195 g/mol. The van der Waals surface area contributed by atoms with Crippen LogP contribution in [0.15, 0.2) is 0 Å². The third-order valence-electron chi connectivity index (χ3n) is 2.32. The number of likely N-dealkylation sites (tertiary alicyclic amines) is 1. The first-order valence-corrected chi connectivity index (χ1v) is 4.88. The molecule has 0 atom stereocenters. The van der Waals surface area contributed by atoms with Crippen LogP contribution < -0.4 is 0 Å². The average Bonchev–Trinajstić information content (AvgIpc) is 2.36. The Labute approximate surface area is 81.1 Å². The second-order valence-corrected chi connectivity index (χ2v) is 3.44. The molecule has 1 saturated heterocycles. The number of hydrogen-bond donors (Lipinski definition) is 0. The normalized spacial score (nSPS) is 19.6. The van der Waals surface area contributed by atoms with E-state index in [1.807, 2.05) is 13.8 Å². The van der Waals surface area contributed by atoms with Crippen LogP contribution in [0.2, 0.25) is 0 Å². The van der Waals surface area contributed by atoms with Crippen molar-refractivity contribution in [2.75, 3.05) is 20.5 Å². The SMILES string of the molecule is CC.CN1CCCC1(C)C.FCF. The molecular formula is C10H23F2N. The fourth-order valence-electron chi connectivity index (χ4n) is 1.24. The third-order valence-corrected chi connectivity index (χ3v) is 2.32. The molecule has 1 aliphatic rings. The van der Waals surface area contributed by atoms with E-state index in [4.69, 9.17) is 0 Å². The third kappa shape index (κ3) is 6.94. The van der Waals surface area contributed by atoms with Gasteiger partial charge in [-0.25, -0.2) is 8.78 Å². The Bertz CT molecular complexity index is 105. The zero-order chi connectivity index (χ0) is 10.9. The molecule has 0 radical (unpaired) electrons. The molecule has 13 heavy (non-hydrogen) atoms. The van der Waals surface area contributed by atoms with Gasteiger partial charge in [-0.1, -0.05) is 13.8 Å². The minimum absolute atomic E-state index is 0.486. The van der Waals surface area contributed by atoms with Crippen molar-refractivity contribution in [2.45, 2.75) is 46.1 Å². The van der Waals surface area contributed by atoms with Gasteiger partial charge in [-0.2, -0.15) is 0 Å². The van der Waals surface area contributed by atoms with E-state index in [1.165, 1.54) is 19.4 Å². The van der Waals surface area contributed by atoms with Gasteiger partial charge in [0.2, 0.25) is 6.93 Å². The molecule has 1 nitrogen and oxygen atoms in total. The van der Waals surface area contributed by atoms with Gasteiger partial charge in [0.15, 0.2) is 0 Å². The lowest BCUT2D eigenvalue weighted by Crippen LogP contribution is -2.34. The summed E-state index contributed by atoms with van der Waals surface area (Å²) >= 11 is 0. The van der Waals surface area contributed by atoms with Crippen LogP contribution in [0.1, 0.15) is 40.5 Å². The van der Waals surface area contributed by atoms with Gasteiger partial charge < -0.3 is 4.90 Å². The van der Waals surface area contributed by atoms with E-state index < -0.39 is 6.93 Å². The maximum absolute atomic E-state index is 9.62. The smallest absolute Gasteiger partial charge is 0.229 e. The van der Waals surface area contributed by atoms with Crippen molar-refractivity contribution in [3.63, 3.8) is 0 Å². The molecule has 0 N–H and O–H groups in total. The van der Waals surface area contributed by atoms with E-state index in [9.17, 15) is 8.78 Å². The van der Waals surface area contributed by atoms with Crippen molar-refractivity contribution < 1.29 is 8.78 Å². The largest absolute Gasteiger partial charge is 0.301 e. The summed E-state index contributed by atoms with van der Waals surface area (Å²) in [6.07, 6.45) is 2.74. The lowest BCUT2D eigenvalue weighted by molar-refractivity contribution is 0.218. The van der Waals surface area contributed by atoms with Crippen LogP contribution in [0.5, 0.6) is 0 Å². The molecule has 1 heterocycles. The molecule has 3 heteroatoms. The molecule has 0 saturated carbocycles. The Morgan fingerprint density at radius 2 is 1.62 bits per heavy atom. The minimum atomic E-state index is -1.75. The summed E-state index contributed by atoms with van der Waals surface area (Å²) in [6, 6.07) is 0. The van der Waals surface area contributed by atoms with E-state index >= 15 is 0 Å². The molecule has 0 aliphatic carbocycles. The highest BCUT2D eigenvalue weighted by Crippen LogP contribution is 2.25. The topological polar surface area (TPSA) is 3.24 Å². The summed E-state index contributed by atoms with van der Waals surface area (Å²) in [5.74, 6) is 0. The zero-order valence-corrected chi connectivity index (χ0v) is 9.53. The molecule has 0 amide bonds. The van der Waals surface area contributed by atoms with Crippen molar-refractivity contribution in [1.29, 1.82) is 0 Å². The van der Waals surface area contributed by atoms with E-state index in [0.717, 1.165) is 0 Å². The van der Waals surface area contributed by atoms with Crippen LogP contribution in [-0.4, -0.2) is 31.0 Å². The van der Waals surface area contributed by atoms with E-state index in [2.05, 4.69) is 25.8 Å². The summed E-state index contributed by atoms with van der Waals surface area (Å²) < 4.78 is 19.2. The summed E-state index contributed by atoms with van der Waals surface area (Å²) in [5, 5.41) is 0. The predicted octanol–water partition coefficient (Wildman–Crippen LogP) is 3.40. The number of rotatable bonds is 0. The van der Waals surface area contributed by atoms with Crippen molar-refractivity contribution in [2.24, 2.45) is 0 Å². The first-order chi connectivity index (χ1) is 6.04. The number of alkyl halides is 2. The molecule has 0 unspecified atom stereocenters. The first-order valence-electron chi connectivity index (χ1n) is 4.88. The summed E-state index contributed by atoms with van der Waals surface area (Å²) in [4.78, 5) is 2.42. The summed E-state index contributed by atoms with van der Waals surface area (Å²) in [5.41, 5.74) is 0.486. The van der Waals surface area contributed by atoms with Crippen molar-refractivity contribution in [1.82, 2.24) is 4.90 Å². The van der Waals surface area contributed by atoms with Crippen LogP contribution in [0.3, 0.4) is 0 Å². The fraction of sp³-hybridized carbons (Fsp3) is 1.00. The maximum atomic E-state index is 9.62. The van der Waals surface area contributed by atoms with Crippen LogP contribution >= 0.6 is 0 Å². The molecular weight excluding hydrogens is 172 g/mol. The molecule has 0 bridgehead atoms. The van der Waals surface area contributed by atoms with Crippen molar-refractivity contribution in [3.05, 3.63) is 0 Å². The lowest BCUT2D eigenvalue weighted by Gasteiger charge is -2.26. The van der Waals surface area contributed by atoms with E-state index in [0.29, 0.717) is 5.54 Å². The van der Waals surface area contributed by atoms with Gasteiger partial charge >= 0.3 is 0 Å². The highest BCUT2D eigenvalue weighted by molar-refractivity contribution is 4.84. The van der Waals surface area contributed by atoms with E-state index in [1.54, 1.807) is 0 Å². The predicted molar refractivity (Wildman–Crippen MR) is 54.4 cm³/mol. The van der Waals surface area contributed by atoms with Gasteiger partial charge in [0, 0.05) is 5.54 Å². The maximum Gasteiger partial charge on any atom is 0.229 e. The number of nitrogens with zero attached hydrogens (tertiary/aromatic N) is 1. The van der Waals surface area contributed by atoms with Gasteiger partial charge in [0.05, 0.1) is 0 Å². The lowest BCUT2D eigenvalue weighted by atomic mass is 10.0. The van der Waals surface area contributed by atoms with Crippen LogP contribution in [0.4, 0.5) is 8.78 Å². The molecule has 1 fully saturated rings. The van der Waals surface area contributed by atoms with E-state index in [-0.39, 0.29) is 0 Å². The Morgan fingerprint density at radius 3 is 1.69 bits per heavy atom. The van der Waals surface area contributed by atoms with Crippen LogP contribution in [0, 0.1) is 0 Å². The Balaban J connectivity index is 0. The molecule has 0 aromatic carbocycles. The summed E-state index contributed by atoms with van der Waals surface area (Å²) in [6.45, 7) is 8.15. The van der Waals surface area contributed by atoms with Gasteiger partial charge in [-0.3, -0.25) is 0 Å². The second-order valence-electron chi connectivity index (χ2n) is 3.44. The second kappa shape index (κ2) is 8.42. The quantitative estimate of drug-likeness (QED) is 0.572. The first kappa shape index (κ1) is 15.3. The van der Waals surface area contributed by atoms with Crippen LogP contribution in [-0.2, 0) is 0 Å². The number of hydrogen-bond acceptors (Lipinski definition) is 1. The summed E-state index contributed by atoms with van der Waals surface area (Å²) in [7, 11) is 2.20. The fourth-order valence-corrected chi connectivity index (χ4v) is 1.24. The van der Waals surface area contributed by atoms with Gasteiger partial charge in [-0.15, -0.1) is 0 Å². The molecule has 0 spiro atoms. The molecule has 0 aromatic rings. The molecule has 1 rings (SSSR count). The standard InChI is InChI=1S/C7H15N.C2H6.CH2F2/c1-7(2)5-4-6-8(7)3;1-2;2-1-3/h4-6H2,1-3H3;1-2H3;1H2. The highest BCUT2D eigenvalue weighted by Gasteiger charge is 2.27.